The fraction of sp³-hybridized carbons (Fsp3) is 0.538. The first-order valence-electron chi connectivity index (χ1n) is 5.93. The summed E-state index contributed by atoms with van der Waals surface area (Å²) < 4.78 is 0. The Morgan fingerprint density at radius 1 is 1.22 bits per heavy atom. The van der Waals surface area contributed by atoms with Crippen LogP contribution in [0.4, 0.5) is 5.69 Å². The number of nitro benzene ring substituents is 1. The molecule has 0 aliphatic rings. The van der Waals surface area contributed by atoms with Gasteiger partial charge in [-0.3, -0.25) is 10.1 Å². The largest absolute Gasteiger partial charge is 0.391 e. The molecule has 0 aliphatic carbocycles. The number of rotatable bonds is 5. The molecular weight excluding hydrogens is 232 g/mol. The maximum absolute atomic E-state index is 10.6. The summed E-state index contributed by atoms with van der Waals surface area (Å²) in [5.41, 5.74) is 0.946. The molecule has 0 amide bonds. The molecule has 0 radical (unpaired) electrons. The molecule has 2 unspecified atom stereocenters. The predicted molar refractivity (Wildman–Crippen MR) is 70.4 cm³/mol. The highest BCUT2D eigenvalue weighted by atomic mass is 16.6. The average molecular weight is 252 g/mol. The zero-order valence-corrected chi connectivity index (χ0v) is 11.2. The molecule has 100 valence electrons. The normalized spacial score (nSPS) is 14.8. The lowest BCUT2D eigenvalue weighted by atomic mass is 9.93. The smallest absolute Gasteiger partial charge is 0.269 e. The van der Waals surface area contributed by atoms with E-state index < -0.39 is 11.0 Å². The first-order chi connectivity index (χ1) is 8.34. The van der Waals surface area contributed by atoms with Gasteiger partial charge in [0.05, 0.1) is 17.1 Å². The molecule has 0 spiro atoms. The van der Waals surface area contributed by atoms with Crippen LogP contribution in [0.25, 0.3) is 0 Å². The van der Waals surface area contributed by atoms with Crippen molar-refractivity contribution in [2.75, 3.05) is 14.1 Å². The standard InChI is InChI=1S/C13H20N2O3/c1-9(2)13(16)12(14(3)4)10-5-7-11(8-6-10)15(17)18/h5-9,12-13,16H,1-4H3. The molecule has 1 aromatic carbocycles. The van der Waals surface area contributed by atoms with Gasteiger partial charge in [0, 0.05) is 12.1 Å². The number of non-ortho nitro benzene ring substituents is 1. The van der Waals surface area contributed by atoms with E-state index in [0.29, 0.717) is 0 Å². The van der Waals surface area contributed by atoms with Gasteiger partial charge >= 0.3 is 0 Å². The van der Waals surface area contributed by atoms with E-state index in [1.165, 1.54) is 12.1 Å². The second kappa shape index (κ2) is 5.93. The van der Waals surface area contributed by atoms with Gasteiger partial charge in [0.1, 0.15) is 0 Å². The molecule has 0 aliphatic heterocycles. The third-order valence-corrected chi connectivity index (χ3v) is 3.01. The zero-order chi connectivity index (χ0) is 13.9. The first kappa shape index (κ1) is 14.6. The SMILES string of the molecule is CC(C)C(O)C(c1ccc([N+](=O)[O-])cc1)N(C)C. The lowest BCUT2D eigenvalue weighted by Crippen LogP contribution is -2.34. The van der Waals surface area contributed by atoms with Gasteiger partial charge in [-0.15, -0.1) is 0 Å². The monoisotopic (exact) mass is 252 g/mol. The Kier molecular flexibility index (Phi) is 4.81. The van der Waals surface area contributed by atoms with Gasteiger partial charge in [-0.1, -0.05) is 26.0 Å². The van der Waals surface area contributed by atoms with Crippen LogP contribution in [-0.2, 0) is 0 Å². The highest BCUT2D eigenvalue weighted by Crippen LogP contribution is 2.27. The van der Waals surface area contributed by atoms with E-state index in [-0.39, 0.29) is 17.6 Å². The molecule has 5 nitrogen and oxygen atoms in total. The Morgan fingerprint density at radius 3 is 2.06 bits per heavy atom. The van der Waals surface area contributed by atoms with Gasteiger partial charge in [0.15, 0.2) is 0 Å². The van der Waals surface area contributed by atoms with Crippen molar-refractivity contribution in [2.45, 2.75) is 26.0 Å². The van der Waals surface area contributed by atoms with Crippen LogP contribution in [0.15, 0.2) is 24.3 Å². The summed E-state index contributed by atoms with van der Waals surface area (Å²) in [4.78, 5) is 12.1. The van der Waals surface area contributed by atoms with Gasteiger partial charge in [-0.05, 0) is 25.6 Å². The summed E-state index contributed by atoms with van der Waals surface area (Å²) in [5.74, 6) is 0.118. The molecule has 0 bridgehead atoms. The predicted octanol–water partition coefficient (Wildman–Crippen LogP) is 2.21. The quantitative estimate of drug-likeness (QED) is 0.644. The molecule has 1 rings (SSSR count). The van der Waals surface area contributed by atoms with E-state index in [1.54, 1.807) is 12.1 Å². The van der Waals surface area contributed by atoms with Gasteiger partial charge in [0.2, 0.25) is 0 Å². The van der Waals surface area contributed by atoms with Gasteiger partial charge in [-0.2, -0.15) is 0 Å². The highest BCUT2D eigenvalue weighted by Gasteiger charge is 2.26. The third-order valence-electron chi connectivity index (χ3n) is 3.01. The Labute approximate surface area is 107 Å². The van der Waals surface area contributed by atoms with Crippen LogP contribution < -0.4 is 0 Å². The molecule has 1 aromatic rings. The molecule has 1 N–H and O–H groups in total. The fourth-order valence-electron chi connectivity index (χ4n) is 1.96. The number of hydrogen-bond acceptors (Lipinski definition) is 4. The number of nitrogens with zero attached hydrogens (tertiary/aromatic N) is 2. The number of hydrogen-bond donors (Lipinski definition) is 1. The Balaban J connectivity index is 3.03. The number of aliphatic hydroxyl groups is 1. The van der Waals surface area contributed by atoms with Crippen LogP contribution in [0.5, 0.6) is 0 Å². The molecule has 0 fully saturated rings. The number of nitro groups is 1. The maximum atomic E-state index is 10.6. The van der Waals surface area contributed by atoms with Crippen LogP contribution in [0.3, 0.4) is 0 Å². The van der Waals surface area contributed by atoms with Gasteiger partial charge in [-0.25, -0.2) is 0 Å². The van der Waals surface area contributed by atoms with Crippen molar-refractivity contribution in [3.05, 3.63) is 39.9 Å². The molecule has 0 aromatic heterocycles. The first-order valence-corrected chi connectivity index (χ1v) is 5.93. The molecule has 0 saturated carbocycles. The summed E-state index contributed by atoms with van der Waals surface area (Å²) in [5, 5.41) is 20.8. The highest BCUT2D eigenvalue weighted by molar-refractivity contribution is 5.34. The Bertz CT molecular complexity index is 401. The van der Waals surface area contributed by atoms with E-state index in [9.17, 15) is 15.2 Å². The molecule has 5 heteroatoms. The fourth-order valence-corrected chi connectivity index (χ4v) is 1.96. The van der Waals surface area contributed by atoms with Crippen molar-refractivity contribution >= 4 is 5.69 Å². The van der Waals surface area contributed by atoms with Gasteiger partial charge in [0.25, 0.3) is 5.69 Å². The number of likely N-dealkylation sites (N-methyl/N-ethyl adjacent to an activating group) is 1. The van der Waals surface area contributed by atoms with Crippen LogP contribution in [-0.4, -0.2) is 35.1 Å². The van der Waals surface area contributed by atoms with Crippen molar-refractivity contribution in [1.29, 1.82) is 0 Å². The average Bonchev–Trinajstić information content (AvgIpc) is 2.29. The summed E-state index contributed by atoms with van der Waals surface area (Å²) >= 11 is 0. The minimum atomic E-state index is -0.513. The lowest BCUT2D eigenvalue weighted by molar-refractivity contribution is -0.384. The topological polar surface area (TPSA) is 66.6 Å². The summed E-state index contributed by atoms with van der Waals surface area (Å²) in [7, 11) is 3.77. The second-order valence-electron chi connectivity index (χ2n) is 4.99. The minimum absolute atomic E-state index is 0.0651. The molecule has 2 atom stereocenters. The van der Waals surface area contributed by atoms with Crippen molar-refractivity contribution in [1.82, 2.24) is 4.90 Å². The second-order valence-corrected chi connectivity index (χ2v) is 4.99. The van der Waals surface area contributed by atoms with Gasteiger partial charge < -0.3 is 10.0 Å². The number of benzene rings is 1. The van der Waals surface area contributed by atoms with E-state index in [0.717, 1.165) is 5.56 Å². The molecule has 18 heavy (non-hydrogen) atoms. The van der Waals surface area contributed by atoms with Crippen molar-refractivity contribution in [3.63, 3.8) is 0 Å². The summed E-state index contributed by atoms with van der Waals surface area (Å²) in [6, 6.07) is 6.19. The molecule has 0 saturated heterocycles. The van der Waals surface area contributed by atoms with Crippen LogP contribution in [0.1, 0.15) is 25.5 Å². The van der Waals surface area contributed by atoms with E-state index in [1.807, 2.05) is 32.8 Å². The third kappa shape index (κ3) is 3.27. The van der Waals surface area contributed by atoms with E-state index >= 15 is 0 Å². The Morgan fingerprint density at radius 2 is 1.72 bits per heavy atom. The Hall–Kier alpha value is -1.46. The van der Waals surface area contributed by atoms with E-state index in [2.05, 4.69) is 0 Å². The minimum Gasteiger partial charge on any atom is -0.391 e. The molecular formula is C13H20N2O3. The zero-order valence-electron chi connectivity index (χ0n) is 11.2. The lowest BCUT2D eigenvalue weighted by Gasteiger charge is -2.31. The number of aliphatic hydroxyl groups excluding tert-OH is 1. The van der Waals surface area contributed by atoms with Crippen LogP contribution in [0.2, 0.25) is 0 Å². The van der Waals surface area contributed by atoms with E-state index in [4.69, 9.17) is 0 Å². The van der Waals surface area contributed by atoms with Crippen molar-refractivity contribution < 1.29 is 10.0 Å². The summed E-state index contributed by atoms with van der Waals surface area (Å²) in [6.45, 7) is 3.90. The molecule has 0 heterocycles. The maximum Gasteiger partial charge on any atom is 0.269 e. The van der Waals surface area contributed by atoms with Crippen molar-refractivity contribution in [2.24, 2.45) is 5.92 Å². The van der Waals surface area contributed by atoms with Crippen LogP contribution in [0, 0.1) is 16.0 Å². The summed E-state index contributed by atoms with van der Waals surface area (Å²) in [6.07, 6.45) is -0.513. The van der Waals surface area contributed by atoms with Crippen molar-refractivity contribution in [3.8, 4) is 0 Å². The van der Waals surface area contributed by atoms with Crippen LogP contribution >= 0.6 is 0 Å².